The van der Waals surface area contributed by atoms with E-state index in [4.69, 9.17) is 16.7 Å². The van der Waals surface area contributed by atoms with E-state index in [1.807, 2.05) is 0 Å². The maximum Gasteiger partial charge on any atom is 0.416 e. The molecule has 1 heterocycles. The van der Waals surface area contributed by atoms with Crippen LogP contribution in [-0.4, -0.2) is 72.2 Å². The van der Waals surface area contributed by atoms with Crippen LogP contribution in [0.3, 0.4) is 0 Å². The lowest BCUT2D eigenvalue weighted by Gasteiger charge is -2.33. The molecule has 8 nitrogen and oxygen atoms in total. The topological polar surface area (TPSA) is 93.2 Å². The first-order valence-electron chi connectivity index (χ1n) is 13.2. The summed E-state index contributed by atoms with van der Waals surface area (Å²) in [6.45, 7) is 0.437. The molecular weight excluding hydrogens is 568 g/mol. The van der Waals surface area contributed by atoms with Crippen molar-refractivity contribution in [2.45, 2.75) is 49.9 Å². The summed E-state index contributed by atoms with van der Waals surface area (Å²) in [6, 6.07) is 7.31. The molecule has 41 heavy (non-hydrogen) atoms. The Bertz CT molecular complexity index is 1280. The van der Waals surface area contributed by atoms with Crippen LogP contribution in [0.15, 0.2) is 42.5 Å². The molecule has 0 radical (unpaired) electrons. The van der Waals surface area contributed by atoms with Crippen molar-refractivity contribution in [3.05, 3.63) is 64.4 Å². The van der Waals surface area contributed by atoms with Crippen molar-refractivity contribution in [2.24, 2.45) is 5.92 Å². The Morgan fingerprint density at radius 3 is 2.22 bits per heavy atom. The third-order valence-electron chi connectivity index (χ3n) is 7.99. The minimum absolute atomic E-state index is 0.0438. The second-order valence-corrected chi connectivity index (χ2v) is 11.1. The molecule has 2 aromatic rings. The monoisotopic (exact) mass is 598 g/mol. The molecule has 1 saturated heterocycles. The molecule has 1 aliphatic carbocycles. The van der Waals surface area contributed by atoms with Crippen LogP contribution in [0.5, 0.6) is 0 Å². The summed E-state index contributed by atoms with van der Waals surface area (Å²) in [7, 11) is 2.87. The molecule has 2 aromatic carbocycles. The average molecular weight is 599 g/mol. The minimum Gasteiger partial charge on any atom is -0.465 e. The van der Waals surface area contributed by atoms with Crippen molar-refractivity contribution >= 4 is 35.3 Å². The number of hydrogen-bond acceptors (Lipinski definition) is 3. The molecule has 4 amide bonds. The lowest BCUT2D eigenvalue weighted by Crippen LogP contribution is -2.48. The smallest absolute Gasteiger partial charge is 0.416 e. The standard InChI is InChI=1S/C28H31ClF4N4O4/c1-35(22-12-18(28(31,32)33)11-19(29)13-22)27(41)36(2)24-15-37(14-23(24)16-3-7-20(30)8-4-16)25(38)17-5-9-21(10-6-17)34-26(39)40/h3-4,7-8,11-13,17,21,23-24,34H,5-6,9-10,14-15H2,1-2H3,(H,39,40)/t17-,21-,23-,24+/m0/s1. The van der Waals surface area contributed by atoms with Crippen molar-refractivity contribution < 1.29 is 37.1 Å². The second kappa shape index (κ2) is 12.1. The van der Waals surface area contributed by atoms with E-state index >= 15 is 0 Å². The number of rotatable bonds is 5. The van der Waals surface area contributed by atoms with Gasteiger partial charge in [0.2, 0.25) is 5.91 Å². The highest BCUT2D eigenvalue weighted by Gasteiger charge is 2.43. The van der Waals surface area contributed by atoms with Gasteiger partial charge in [0.1, 0.15) is 5.82 Å². The van der Waals surface area contributed by atoms with Crippen LogP contribution < -0.4 is 10.2 Å². The number of hydrogen-bond donors (Lipinski definition) is 2. The molecule has 2 N–H and O–H groups in total. The van der Waals surface area contributed by atoms with Crippen LogP contribution in [0.2, 0.25) is 5.02 Å². The maximum atomic E-state index is 13.7. The van der Waals surface area contributed by atoms with Crippen LogP contribution in [0.4, 0.5) is 32.8 Å². The minimum atomic E-state index is -4.65. The van der Waals surface area contributed by atoms with Crippen LogP contribution in [0, 0.1) is 11.7 Å². The predicted octanol–water partition coefficient (Wildman–Crippen LogP) is 5.81. The number of amides is 4. The first-order valence-corrected chi connectivity index (χ1v) is 13.5. The van der Waals surface area contributed by atoms with Gasteiger partial charge in [-0.3, -0.25) is 9.69 Å². The summed E-state index contributed by atoms with van der Waals surface area (Å²) in [5.41, 5.74) is -0.319. The number of benzene rings is 2. The molecule has 13 heteroatoms. The van der Waals surface area contributed by atoms with E-state index in [0.717, 1.165) is 17.0 Å². The lowest BCUT2D eigenvalue weighted by molar-refractivity contribution is -0.137. The van der Waals surface area contributed by atoms with Gasteiger partial charge in [0.05, 0.1) is 11.6 Å². The fourth-order valence-electron chi connectivity index (χ4n) is 5.73. The van der Waals surface area contributed by atoms with E-state index in [9.17, 15) is 31.9 Å². The fraction of sp³-hybridized carbons (Fsp3) is 0.464. The number of halogens is 5. The Kier molecular flexibility index (Phi) is 9.00. The molecule has 0 unspecified atom stereocenters. The zero-order valence-electron chi connectivity index (χ0n) is 22.5. The molecular formula is C28H31ClF4N4O4. The van der Waals surface area contributed by atoms with Crippen molar-refractivity contribution in [3.8, 4) is 0 Å². The Labute approximate surface area is 239 Å². The molecule has 1 aliphatic heterocycles. The zero-order chi connectivity index (χ0) is 30.1. The summed E-state index contributed by atoms with van der Waals surface area (Å²) in [4.78, 5) is 42.1. The summed E-state index contributed by atoms with van der Waals surface area (Å²) in [6.07, 6.45) is -3.67. The van der Waals surface area contributed by atoms with Crippen molar-refractivity contribution in [2.75, 3.05) is 32.1 Å². The molecule has 2 aliphatic rings. The summed E-state index contributed by atoms with van der Waals surface area (Å²) in [5, 5.41) is 11.3. The van der Waals surface area contributed by atoms with Gasteiger partial charge in [0.15, 0.2) is 0 Å². The van der Waals surface area contributed by atoms with E-state index < -0.39 is 35.7 Å². The van der Waals surface area contributed by atoms with Crippen molar-refractivity contribution in [3.63, 3.8) is 0 Å². The number of carbonyl (C=O) groups is 3. The number of carboxylic acid groups (broad SMARTS) is 1. The van der Waals surface area contributed by atoms with Gasteiger partial charge in [0.25, 0.3) is 0 Å². The van der Waals surface area contributed by atoms with E-state index in [2.05, 4.69) is 5.32 Å². The number of nitrogens with one attached hydrogen (secondary N) is 1. The Hall–Kier alpha value is -3.54. The molecule has 0 bridgehead atoms. The summed E-state index contributed by atoms with van der Waals surface area (Å²) in [5.74, 6) is -1.22. The van der Waals surface area contributed by atoms with Crippen LogP contribution in [-0.2, 0) is 11.0 Å². The fourth-order valence-corrected chi connectivity index (χ4v) is 5.96. The van der Waals surface area contributed by atoms with Gasteiger partial charge < -0.3 is 20.2 Å². The Morgan fingerprint density at radius 1 is 1.00 bits per heavy atom. The van der Waals surface area contributed by atoms with Crippen LogP contribution >= 0.6 is 11.6 Å². The van der Waals surface area contributed by atoms with E-state index in [-0.39, 0.29) is 47.6 Å². The number of alkyl halides is 3. The molecule has 0 spiro atoms. The van der Waals surface area contributed by atoms with Crippen molar-refractivity contribution in [1.82, 2.24) is 15.1 Å². The molecule has 2 fully saturated rings. The van der Waals surface area contributed by atoms with E-state index in [1.165, 1.54) is 37.2 Å². The SMILES string of the molecule is CN(C(=O)N(C)[C@@H]1CN(C(=O)[C@H]2CC[C@H](NC(=O)O)CC2)C[C@H]1c1ccc(F)cc1)c1cc(Cl)cc(C(F)(F)F)c1. The van der Waals surface area contributed by atoms with Gasteiger partial charge >= 0.3 is 18.3 Å². The highest BCUT2D eigenvalue weighted by Crippen LogP contribution is 2.37. The Balaban J connectivity index is 1.54. The average Bonchev–Trinajstić information content (AvgIpc) is 3.36. The van der Waals surface area contributed by atoms with Crippen molar-refractivity contribution in [1.29, 1.82) is 0 Å². The number of likely N-dealkylation sites (N-methyl/N-ethyl adjacent to an activating group) is 1. The summed E-state index contributed by atoms with van der Waals surface area (Å²) >= 11 is 5.93. The van der Waals surface area contributed by atoms with Gasteiger partial charge in [-0.1, -0.05) is 23.7 Å². The second-order valence-electron chi connectivity index (χ2n) is 10.6. The quantitative estimate of drug-likeness (QED) is 0.425. The molecule has 222 valence electrons. The third kappa shape index (κ3) is 7.03. The van der Waals surface area contributed by atoms with Crippen LogP contribution in [0.1, 0.15) is 42.7 Å². The molecule has 4 rings (SSSR count). The normalized spacial score (nSPS) is 22.8. The molecule has 1 saturated carbocycles. The number of urea groups is 1. The highest BCUT2D eigenvalue weighted by atomic mass is 35.5. The van der Waals surface area contributed by atoms with Gasteiger partial charge in [0, 0.05) is 55.8 Å². The predicted molar refractivity (Wildman–Crippen MR) is 144 cm³/mol. The number of carbonyl (C=O) groups excluding carboxylic acids is 2. The highest BCUT2D eigenvalue weighted by molar-refractivity contribution is 6.31. The summed E-state index contributed by atoms with van der Waals surface area (Å²) < 4.78 is 53.8. The van der Waals surface area contributed by atoms with Gasteiger partial charge in [-0.25, -0.2) is 14.0 Å². The number of nitrogens with zero attached hydrogens (tertiary/aromatic N) is 3. The van der Waals surface area contributed by atoms with E-state index in [1.54, 1.807) is 17.0 Å². The van der Waals surface area contributed by atoms with Gasteiger partial charge in [-0.05, 0) is 61.6 Å². The first-order chi connectivity index (χ1) is 19.2. The number of likely N-dealkylation sites (tertiary alicyclic amines) is 1. The lowest BCUT2D eigenvalue weighted by atomic mass is 9.85. The third-order valence-corrected chi connectivity index (χ3v) is 8.20. The maximum absolute atomic E-state index is 13.7. The van der Waals surface area contributed by atoms with Crippen LogP contribution in [0.25, 0.3) is 0 Å². The first kappa shape index (κ1) is 30.4. The van der Waals surface area contributed by atoms with Gasteiger partial charge in [-0.15, -0.1) is 0 Å². The molecule has 2 atom stereocenters. The number of anilines is 1. The Morgan fingerprint density at radius 2 is 1.63 bits per heavy atom. The zero-order valence-corrected chi connectivity index (χ0v) is 23.3. The molecule has 0 aromatic heterocycles. The van der Waals surface area contributed by atoms with E-state index in [0.29, 0.717) is 31.2 Å². The largest absolute Gasteiger partial charge is 0.465 e. The van der Waals surface area contributed by atoms with Gasteiger partial charge in [-0.2, -0.15) is 13.2 Å².